The van der Waals surface area contributed by atoms with Gasteiger partial charge in [-0.05, 0) is 64.3 Å². The van der Waals surface area contributed by atoms with Crippen LogP contribution in [0.3, 0.4) is 0 Å². The fraction of sp³-hybridized carbons (Fsp3) is 0.111. The van der Waals surface area contributed by atoms with Crippen molar-refractivity contribution < 1.29 is 27.5 Å². The van der Waals surface area contributed by atoms with Gasteiger partial charge >= 0.3 is 6.18 Å². The molecule has 0 unspecified atom stereocenters. The van der Waals surface area contributed by atoms with E-state index in [1.807, 2.05) is 6.92 Å². The standard InChI is InChI=1S/C27H18BrClF3N5O3S/c1-13-2-4-14(5-3-13)16-11-20(27(30,31)32)34-26-21(16)22(23(41-26)24(33)38)35-25(39)18-8-9-37(36-18)12-40-19-7-6-15(29)10-17(19)28/h2-11H,12H2,1H3,(H2,33,38)(H,35,39). The van der Waals surface area contributed by atoms with E-state index in [9.17, 15) is 22.8 Å². The lowest BCUT2D eigenvalue weighted by molar-refractivity contribution is -0.140. The molecular formula is C27H18BrClF3N5O3S. The SMILES string of the molecule is Cc1ccc(-c2cc(C(F)(F)F)nc3sc(C(N)=O)c(NC(=O)c4ccn(COc5ccc(Cl)cc5Br)n4)c23)cc1. The molecule has 210 valence electrons. The van der Waals surface area contributed by atoms with Crippen LogP contribution in [-0.2, 0) is 12.9 Å². The number of aromatic nitrogens is 3. The average molecular weight is 665 g/mol. The Kier molecular flexibility index (Phi) is 7.77. The number of nitrogens with zero attached hydrogens (tertiary/aromatic N) is 3. The number of pyridine rings is 1. The van der Waals surface area contributed by atoms with E-state index in [1.165, 1.54) is 16.9 Å². The smallest absolute Gasteiger partial charge is 0.433 e. The number of ether oxygens (including phenoxy) is 1. The zero-order valence-corrected chi connectivity index (χ0v) is 24.1. The van der Waals surface area contributed by atoms with Gasteiger partial charge in [0, 0.05) is 16.6 Å². The monoisotopic (exact) mass is 663 g/mol. The summed E-state index contributed by atoms with van der Waals surface area (Å²) in [4.78, 5) is 29.1. The Balaban J connectivity index is 1.51. The number of halogens is 5. The first-order chi connectivity index (χ1) is 19.4. The van der Waals surface area contributed by atoms with Crippen molar-refractivity contribution in [3.63, 3.8) is 0 Å². The Hall–Kier alpha value is -3.94. The van der Waals surface area contributed by atoms with Crippen LogP contribution in [0.5, 0.6) is 5.75 Å². The fourth-order valence-electron chi connectivity index (χ4n) is 3.96. The number of hydrogen-bond donors (Lipinski definition) is 2. The fourth-order valence-corrected chi connectivity index (χ4v) is 5.76. The molecule has 8 nitrogen and oxygen atoms in total. The van der Waals surface area contributed by atoms with Gasteiger partial charge in [-0.15, -0.1) is 11.3 Å². The zero-order chi connectivity index (χ0) is 29.5. The number of benzene rings is 2. The number of primary amides is 1. The lowest BCUT2D eigenvalue weighted by atomic mass is 10.00. The molecule has 0 radical (unpaired) electrons. The molecule has 0 saturated heterocycles. The third kappa shape index (κ3) is 6.06. The highest BCUT2D eigenvalue weighted by atomic mass is 79.9. The lowest BCUT2D eigenvalue weighted by Crippen LogP contribution is -2.18. The predicted octanol–water partition coefficient (Wildman–Crippen LogP) is 7.29. The zero-order valence-electron chi connectivity index (χ0n) is 20.9. The molecule has 0 bridgehead atoms. The van der Waals surface area contributed by atoms with Gasteiger partial charge in [0.05, 0.1) is 10.2 Å². The van der Waals surface area contributed by atoms with Gasteiger partial charge in [0.25, 0.3) is 11.8 Å². The van der Waals surface area contributed by atoms with E-state index in [1.54, 1.807) is 42.5 Å². The van der Waals surface area contributed by atoms with Crippen LogP contribution in [0, 0.1) is 6.92 Å². The van der Waals surface area contributed by atoms with Crippen molar-refractivity contribution in [1.29, 1.82) is 0 Å². The topological polar surface area (TPSA) is 112 Å². The summed E-state index contributed by atoms with van der Waals surface area (Å²) >= 11 is 9.97. The molecule has 14 heteroatoms. The van der Waals surface area contributed by atoms with Gasteiger partial charge in [-0.3, -0.25) is 9.59 Å². The first-order valence-corrected chi connectivity index (χ1v) is 13.7. The summed E-state index contributed by atoms with van der Waals surface area (Å²) in [6.07, 6.45) is -3.24. The molecule has 3 heterocycles. The summed E-state index contributed by atoms with van der Waals surface area (Å²) < 4.78 is 48.9. The molecule has 2 aromatic carbocycles. The van der Waals surface area contributed by atoms with Crippen molar-refractivity contribution in [2.45, 2.75) is 19.8 Å². The Bertz CT molecular complexity index is 1800. The second kappa shape index (κ2) is 11.1. The summed E-state index contributed by atoms with van der Waals surface area (Å²) in [6.45, 7) is 1.80. The molecule has 3 aromatic heterocycles. The first-order valence-electron chi connectivity index (χ1n) is 11.7. The number of anilines is 1. The van der Waals surface area contributed by atoms with Crippen LogP contribution in [0.4, 0.5) is 18.9 Å². The number of fused-ring (bicyclic) bond motifs is 1. The number of rotatable bonds is 7. The van der Waals surface area contributed by atoms with E-state index in [0.29, 0.717) is 32.1 Å². The lowest BCUT2D eigenvalue weighted by Gasteiger charge is -2.12. The summed E-state index contributed by atoms with van der Waals surface area (Å²) in [5, 5.41) is 7.51. The molecule has 0 aliphatic rings. The molecule has 0 aliphatic heterocycles. The molecular weight excluding hydrogens is 647 g/mol. The van der Waals surface area contributed by atoms with Gasteiger partial charge in [0.2, 0.25) is 0 Å². The summed E-state index contributed by atoms with van der Waals surface area (Å²) in [6, 6.07) is 14.1. The summed E-state index contributed by atoms with van der Waals surface area (Å²) in [7, 11) is 0. The number of nitrogens with one attached hydrogen (secondary N) is 1. The van der Waals surface area contributed by atoms with E-state index < -0.39 is 23.7 Å². The second-order valence-electron chi connectivity index (χ2n) is 8.81. The maximum absolute atomic E-state index is 13.7. The largest absolute Gasteiger partial charge is 0.470 e. The number of hydrogen-bond acceptors (Lipinski definition) is 6. The molecule has 2 amide bonds. The average Bonchev–Trinajstić information content (AvgIpc) is 3.53. The molecule has 5 aromatic rings. The maximum Gasteiger partial charge on any atom is 0.433 e. The predicted molar refractivity (Wildman–Crippen MR) is 153 cm³/mol. The minimum Gasteiger partial charge on any atom is -0.470 e. The number of thiophene rings is 1. The van der Waals surface area contributed by atoms with Crippen molar-refractivity contribution in [2.24, 2.45) is 5.73 Å². The van der Waals surface area contributed by atoms with Gasteiger partial charge < -0.3 is 15.8 Å². The summed E-state index contributed by atoms with van der Waals surface area (Å²) in [5.41, 5.74) is 5.82. The number of aryl methyl sites for hydroxylation is 1. The van der Waals surface area contributed by atoms with Crippen LogP contribution in [0.2, 0.25) is 5.02 Å². The third-order valence-corrected chi connectivity index (χ3v) is 7.85. The molecule has 0 atom stereocenters. The van der Waals surface area contributed by atoms with Gasteiger partial charge in [0.15, 0.2) is 12.4 Å². The highest BCUT2D eigenvalue weighted by Gasteiger charge is 2.35. The minimum atomic E-state index is -4.75. The van der Waals surface area contributed by atoms with Crippen LogP contribution in [0.15, 0.2) is 65.3 Å². The van der Waals surface area contributed by atoms with Crippen molar-refractivity contribution >= 4 is 66.6 Å². The van der Waals surface area contributed by atoms with Gasteiger partial charge in [-0.25, -0.2) is 9.67 Å². The van der Waals surface area contributed by atoms with Crippen molar-refractivity contribution in [3.05, 3.63) is 92.1 Å². The van der Waals surface area contributed by atoms with Gasteiger partial charge in [-0.1, -0.05) is 41.4 Å². The molecule has 41 heavy (non-hydrogen) atoms. The Morgan fingerprint density at radius 3 is 2.54 bits per heavy atom. The molecule has 0 aliphatic carbocycles. The molecule has 0 saturated carbocycles. The Morgan fingerprint density at radius 1 is 1.15 bits per heavy atom. The van der Waals surface area contributed by atoms with E-state index >= 15 is 0 Å². The maximum atomic E-state index is 13.7. The van der Waals surface area contributed by atoms with Crippen LogP contribution >= 0.6 is 38.9 Å². The number of carbonyl (C=O) groups is 2. The van der Waals surface area contributed by atoms with E-state index in [4.69, 9.17) is 22.1 Å². The van der Waals surface area contributed by atoms with Crippen molar-refractivity contribution in [1.82, 2.24) is 14.8 Å². The highest BCUT2D eigenvalue weighted by Crippen LogP contribution is 2.43. The molecule has 5 rings (SSSR count). The second-order valence-corrected chi connectivity index (χ2v) is 11.1. The Labute approximate surface area is 248 Å². The van der Waals surface area contributed by atoms with Crippen molar-refractivity contribution in [2.75, 3.05) is 5.32 Å². The van der Waals surface area contributed by atoms with E-state index in [0.717, 1.165) is 11.6 Å². The molecule has 0 fully saturated rings. The Morgan fingerprint density at radius 2 is 1.88 bits per heavy atom. The first kappa shape index (κ1) is 28.6. The minimum absolute atomic E-state index is 0.0321. The van der Waals surface area contributed by atoms with Crippen LogP contribution < -0.4 is 15.8 Å². The molecule has 3 N–H and O–H groups in total. The number of nitrogens with two attached hydrogens (primary N) is 1. The summed E-state index contributed by atoms with van der Waals surface area (Å²) in [5.74, 6) is -1.14. The van der Waals surface area contributed by atoms with E-state index in [2.05, 4.69) is 31.3 Å². The quantitative estimate of drug-likeness (QED) is 0.190. The number of amides is 2. The van der Waals surface area contributed by atoms with Crippen LogP contribution in [0.25, 0.3) is 21.3 Å². The van der Waals surface area contributed by atoms with E-state index in [-0.39, 0.29) is 38.8 Å². The van der Waals surface area contributed by atoms with Gasteiger partial charge in [0.1, 0.15) is 21.2 Å². The highest BCUT2D eigenvalue weighted by molar-refractivity contribution is 9.10. The van der Waals surface area contributed by atoms with Crippen LogP contribution in [0.1, 0.15) is 31.4 Å². The normalized spacial score (nSPS) is 11.6. The number of carbonyl (C=O) groups excluding carboxylic acids is 2. The third-order valence-electron chi connectivity index (χ3n) is 5.90. The van der Waals surface area contributed by atoms with Gasteiger partial charge in [-0.2, -0.15) is 18.3 Å². The van der Waals surface area contributed by atoms with Crippen LogP contribution in [-0.4, -0.2) is 26.6 Å². The molecule has 0 spiro atoms. The van der Waals surface area contributed by atoms with Crippen molar-refractivity contribution in [3.8, 4) is 16.9 Å². The number of alkyl halides is 3.